The van der Waals surface area contributed by atoms with Gasteiger partial charge in [0.15, 0.2) is 0 Å². The Morgan fingerprint density at radius 3 is 2.47 bits per heavy atom. The van der Waals surface area contributed by atoms with Gasteiger partial charge in [-0.1, -0.05) is 43.7 Å². The zero-order valence-electron chi connectivity index (χ0n) is 21.1. The van der Waals surface area contributed by atoms with Gasteiger partial charge >= 0.3 is 5.97 Å². The number of nitrogens with one attached hydrogen (secondary N) is 1. The Morgan fingerprint density at radius 2 is 1.75 bits per heavy atom. The van der Waals surface area contributed by atoms with Crippen molar-refractivity contribution in [3.8, 4) is 22.6 Å². The minimum Gasteiger partial charge on any atom is -0.491 e. The molecular weight excluding hydrogens is 456 g/mol. The number of aryl methyl sites for hydroxylation is 1. The van der Waals surface area contributed by atoms with Crippen molar-refractivity contribution in [1.29, 1.82) is 0 Å². The monoisotopic (exact) mass is 492 g/mol. The third-order valence-electron chi connectivity index (χ3n) is 5.72. The molecule has 0 saturated heterocycles. The topological polar surface area (TPSA) is 103 Å². The predicted molar refractivity (Wildman–Crippen MR) is 144 cm³/mol. The van der Waals surface area contributed by atoms with Crippen LogP contribution < -0.4 is 20.5 Å². The zero-order valence-corrected chi connectivity index (χ0v) is 21.1. The molecule has 0 aliphatic rings. The number of nitrogens with two attached hydrogens (primary N) is 1. The van der Waals surface area contributed by atoms with Crippen molar-refractivity contribution in [3.05, 3.63) is 71.8 Å². The van der Waals surface area contributed by atoms with E-state index in [1.165, 1.54) is 0 Å². The average molecular weight is 493 g/mol. The maximum atomic E-state index is 10.7. The van der Waals surface area contributed by atoms with Gasteiger partial charge in [0.2, 0.25) is 0 Å². The fourth-order valence-corrected chi connectivity index (χ4v) is 3.79. The lowest BCUT2D eigenvalue weighted by atomic mass is 9.99. The van der Waals surface area contributed by atoms with Crippen LogP contribution in [0.1, 0.15) is 37.3 Å². The molecule has 0 amide bonds. The Bertz CT molecular complexity index is 1120. The molecule has 0 saturated carbocycles. The van der Waals surface area contributed by atoms with Crippen LogP contribution in [0.15, 0.2) is 60.7 Å². The fraction of sp³-hybridized carbons (Fsp3) is 0.345. The van der Waals surface area contributed by atoms with E-state index in [1.54, 1.807) is 0 Å². The van der Waals surface area contributed by atoms with Gasteiger partial charge in [-0.2, -0.15) is 0 Å². The molecule has 7 nitrogen and oxygen atoms in total. The van der Waals surface area contributed by atoms with Crippen LogP contribution in [0.25, 0.3) is 11.1 Å². The molecule has 0 radical (unpaired) electrons. The van der Waals surface area contributed by atoms with Crippen LogP contribution in [0.4, 0.5) is 11.4 Å². The summed E-state index contributed by atoms with van der Waals surface area (Å²) >= 11 is 0. The number of ether oxygens (including phenoxy) is 3. The number of hydrogen-bond donors (Lipinski definition) is 3. The smallest absolute Gasteiger partial charge is 0.303 e. The van der Waals surface area contributed by atoms with Gasteiger partial charge in [-0.05, 0) is 47.7 Å². The molecule has 0 bridgehead atoms. The molecule has 3 aromatic carbocycles. The third-order valence-corrected chi connectivity index (χ3v) is 5.72. The van der Waals surface area contributed by atoms with Crippen molar-refractivity contribution < 1.29 is 24.1 Å². The van der Waals surface area contributed by atoms with Gasteiger partial charge in [-0.3, -0.25) is 4.79 Å². The van der Waals surface area contributed by atoms with Gasteiger partial charge < -0.3 is 30.4 Å². The molecule has 3 rings (SSSR count). The van der Waals surface area contributed by atoms with Crippen LogP contribution in [0.2, 0.25) is 0 Å². The highest BCUT2D eigenvalue weighted by Crippen LogP contribution is 2.37. The molecule has 0 aliphatic heterocycles. The van der Waals surface area contributed by atoms with Crippen LogP contribution in [-0.2, 0) is 22.6 Å². The van der Waals surface area contributed by atoms with E-state index in [0.29, 0.717) is 37.7 Å². The quantitative estimate of drug-likeness (QED) is 0.183. The summed E-state index contributed by atoms with van der Waals surface area (Å²) in [6.45, 7) is 4.30. The minimum atomic E-state index is -0.799. The fourth-order valence-electron chi connectivity index (χ4n) is 3.79. The Hall–Kier alpha value is -3.71. The van der Waals surface area contributed by atoms with E-state index in [-0.39, 0.29) is 6.42 Å². The van der Waals surface area contributed by atoms with Gasteiger partial charge in [0, 0.05) is 49.1 Å². The first-order valence-corrected chi connectivity index (χ1v) is 12.3. The Balaban J connectivity index is 1.64. The molecule has 36 heavy (non-hydrogen) atoms. The number of anilines is 2. The SMILES string of the molecule is CCCCOCCOc1cc(N)c(-c2cccc(COc3ccc(CCC(=O)O)cc3)c2)c(NC)c1. The number of unbranched alkanes of at least 4 members (excludes halogenated alkanes) is 1. The summed E-state index contributed by atoms with van der Waals surface area (Å²) < 4.78 is 17.4. The molecule has 0 spiro atoms. The lowest BCUT2D eigenvalue weighted by Crippen LogP contribution is -2.08. The lowest BCUT2D eigenvalue weighted by molar-refractivity contribution is -0.136. The van der Waals surface area contributed by atoms with Crippen molar-refractivity contribution in [2.75, 3.05) is 37.9 Å². The van der Waals surface area contributed by atoms with Crippen LogP contribution in [-0.4, -0.2) is 37.9 Å². The summed E-state index contributed by atoms with van der Waals surface area (Å²) in [5, 5.41) is 12.1. The van der Waals surface area contributed by atoms with Crippen molar-refractivity contribution in [2.24, 2.45) is 0 Å². The summed E-state index contributed by atoms with van der Waals surface area (Å²) in [5.41, 5.74) is 11.8. The van der Waals surface area contributed by atoms with E-state index < -0.39 is 5.97 Å². The number of nitrogen functional groups attached to an aromatic ring is 1. The van der Waals surface area contributed by atoms with Gasteiger partial charge in [0.05, 0.1) is 6.61 Å². The normalized spacial score (nSPS) is 10.7. The predicted octanol–water partition coefficient (Wildman–Crippen LogP) is 5.77. The highest BCUT2D eigenvalue weighted by molar-refractivity contribution is 5.89. The molecule has 0 atom stereocenters. The second-order valence-electron chi connectivity index (χ2n) is 8.53. The summed E-state index contributed by atoms with van der Waals surface area (Å²) in [4.78, 5) is 10.7. The third kappa shape index (κ3) is 8.20. The molecule has 3 aromatic rings. The van der Waals surface area contributed by atoms with Crippen LogP contribution in [0.5, 0.6) is 11.5 Å². The van der Waals surface area contributed by atoms with Crippen LogP contribution in [0.3, 0.4) is 0 Å². The summed E-state index contributed by atoms with van der Waals surface area (Å²) in [6, 6.07) is 19.4. The van der Waals surface area contributed by atoms with Crippen LogP contribution in [0, 0.1) is 0 Å². The number of carbonyl (C=O) groups is 1. The molecule has 0 fully saturated rings. The molecule has 192 valence electrons. The number of hydrogen-bond acceptors (Lipinski definition) is 6. The van der Waals surface area contributed by atoms with Crippen molar-refractivity contribution in [3.63, 3.8) is 0 Å². The summed E-state index contributed by atoms with van der Waals surface area (Å²) in [5.74, 6) is 0.632. The number of carboxylic acid groups (broad SMARTS) is 1. The first-order chi connectivity index (χ1) is 17.5. The second kappa shape index (κ2) is 14.0. The van der Waals surface area contributed by atoms with Crippen molar-refractivity contribution in [1.82, 2.24) is 0 Å². The van der Waals surface area contributed by atoms with E-state index >= 15 is 0 Å². The first-order valence-electron chi connectivity index (χ1n) is 12.3. The number of rotatable bonds is 15. The first kappa shape index (κ1) is 26.9. The number of benzene rings is 3. The average Bonchev–Trinajstić information content (AvgIpc) is 2.88. The largest absolute Gasteiger partial charge is 0.491 e. The second-order valence-corrected chi connectivity index (χ2v) is 8.53. The van der Waals surface area contributed by atoms with Gasteiger partial charge in [0.1, 0.15) is 24.7 Å². The molecule has 0 aromatic heterocycles. The minimum absolute atomic E-state index is 0.116. The van der Waals surface area contributed by atoms with E-state index in [2.05, 4.69) is 18.3 Å². The van der Waals surface area contributed by atoms with E-state index in [9.17, 15) is 4.79 Å². The van der Waals surface area contributed by atoms with Gasteiger partial charge in [-0.25, -0.2) is 0 Å². The standard InChI is InChI=1S/C29H36N2O5/c1-3-4-14-34-15-16-35-25-18-26(30)29(27(19-25)31-2)23-7-5-6-22(17-23)20-36-24-11-8-21(9-12-24)10-13-28(32)33/h5-9,11-12,17-19,31H,3-4,10,13-16,20,30H2,1-2H3,(H,32,33). The van der Waals surface area contributed by atoms with E-state index in [0.717, 1.165) is 53.1 Å². The summed E-state index contributed by atoms with van der Waals surface area (Å²) in [7, 11) is 1.86. The Kier molecular flexibility index (Phi) is 10.5. The van der Waals surface area contributed by atoms with Gasteiger partial charge in [0.25, 0.3) is 0 Å². The summed E-state index contributed by atoms with van der Waals surface area (Å²) in [6.07, 6.45) is 2.78. The molecule has 0 aliphatic carbocycles. The Morgan fingerprint density at radius 1 is 0.944 bits per heavy atom. The maximum Gasteiger partial charge on any atom is 0.303 e. The molecule has 0 heterocycles. The molecule has 4 N–H and O–H groups in total. The zero-order chi connectivity index (χ0) is 25.8. The highest BCUT2D eigenvalue weighted by atomic mass is 16.5. The molecule has 0 unspecified atom stereocenters. The molecular formula is C29H36N2O5. The molecule has 7 heteroatoms. The van der Waals surface area contributed by atoms with Crippen LogP contribution >= 0.6 is 0 Å². The highest BCUT2D eigenvalue weighted by Gasteiger charge is 2.12. The van der Waals surface area contributed by atoms with Crippen molar-refractivity contribution >= 4 is 17.3 Å². The number of aliphatic carboxylic acids is 1. The van der Waals surface area contributed by atoms with Gasteiger partial charge in [-0.15, -0.1) is 0 Å². The maximum absolute atomic E-state index is 10.7. The van der Waals surface area contributed by atoms with E-state index in [1.807, 2.05) is 61.6 Å². The van der Waals surface area contributed by atoms with E-state index in [4.69, 9.17) is 25.1 Å². The number of carboxylic acids is 1. The lowest BCUT2D eigenvalue weighted by Gasteiger charge is -2.16. The van der Waals surface area contributed by atoms with Crippen molar-refractivity contribution in [2.45, 2.75) is 39.2 Å². The Labute approximate surface area is 213 Å².